The first kappa shape index (κ1) is 6.29. The van der Waals surface area contributed by atoms with E-state index >= 15 is 0 Å². The van der Waals surface area contributed by atoms with Gasteiger partial charge in [0.15, 0.2) is 5.65 Å². The van der Waals surface area contributed by atoms with E-state index in [0.717, 1.165) is 0 Å². The van der Waals surface area contributed by atoms with Gasteiger partial charge in [-0.05, 0) is 12.2 Å². The van der Waals surface area contributed by atoms with Gasteiger partial charge in [0.05, 0.1) is 6.33 Å². The van der Waals surface area contributed by atoms with E-state index in [0.29, 0.717) is 11.2 Å². The van der Waals surface area contributed by atoms with Crippen molar-refractivity contribution in [2.75, 3.05) is 5.73 Å². The number of hydrogen-bond acceptors (Lipinski definition) is 5. The van der Waals surface area contributed by atoms with E-state index in [2.05, 4.69) is 15.0 Å². The van der Waals surface area contributed by atoms with Gasteiger partial charge >= 0.3 is 0 Å². The van der Waals surface area contributed by atoms with Gasteiger partial charge in [0.1, 0.15) is 5.52 Å². The Bertz CT molecular complexity index is 445. The fourth-order valence-electron chi connectivity index (χ4n) is 0.795. The average Bonchev–Trinajstić information content (AvgIpc) is 2.34. The maximum Gasteiger partial charge on any atom is 0.295 e. The van der Waals surface area contributed by atoms with Crippen LogP contribution >= 0.6 is 12.2 Å². The molecule has 0 fully saturated rings. The number of nitrogens with two attached hydrogens (primary N) is 1. The molecule has 56 valence electrons. The molecule has 0 aliphatic carbocycles. The highest BCUT2D eigenvalue weighted by molar-refractivity contribution is 7.71. The van der Waals surface area contributed by atoms with Crippen LogP contribution in [0.25, 0.3) is 11.2 Å². The van der Waals surface area contributed by atoms with E-state index < -0.39 is 0 Å². The van der Waals surface area contributed by atoms with Gasteiger partial charge in [-0.1, -0.05) is 0 Å². The average molecular weight is 168 g/mol. The zero-order valence-corrected chi connectivity index (χ0v) is 6.18. The topological polar surface area (TPSA) is 80.7 Å². The van der Waals surface area contributed by atoms with Crippen molar-refractivity contribution in [1.82, 2.24) is 15.0 Å². The summed E-state index contributed by atoms with van der Waals surface area (Å²) >= 11 is 4.84. The lowest BCUT2D eigenvalue weighted by atomic mass is 10.6. The molecule has 2 rings (SSSR count). The summed E-state index contributed by atoms with van der Waals surface area (Å²) in [5.41, 5.74) is 6.38. The third-order valence-corrected chi connectivity index (χ3v) is 1.52. The molecule has 2 aromatic heterocycles. The monoisotopic (exact) mass is 168 g/mol. The van der Waals surface area contributed by atoms with E-state index in [1.54, 1.807) is 0 Å². The van der Waals surface area contributed by atoms with Crippen molar-refractivity contribution in [2.45, 2.75) is 0 Å². The molecule has 0 unspecified atom stereocenters. The largest absolute Gasteiger partial charge is 0.412 e. The SMILES string of the molecule is Nc1nc2nc[nH]c2c(=S)o1. The van der Waals surface area contributed by atoms with Gasteiger partial charge in [-0.3, -0.25) is 0 Å². The third-order valence-electron chi connectivity index (χ3n) is 1.24. The lowest BCUT2D eigenvalue weighted by Gasteiger charge is -1.89. The number of imidazole rings is 1. The van der Waals surface area contributed by atoms with Crippen LogP contribution in [0.2, 0.25) is 0 Å². The standard InChI is InChI=1S/C5H4N4OS/c6-5-9-3-2(4(11)10-5)7-1-8-3/h1H,(H2,6,9)(H,7,8). The molecule has 0 saturated carbocycles. The van der Waals surface area contributed by atoms with E-state index in [4.69, 9.17) is 22.4 Å². The maximum absolute atomic E-state index is 5.29. The number of aromatic amines is 1. The Kier molecular flexibility index (Phi) is 1.16. The first-order chi connectivity index (χ1) is 5.27. The predicted octanol–water partition coefficient (Wildman–Crippen LogP) is 0.863. The van der Waals surface area contributed by atoms with Crippen LogP contribution in [0.5, 0.6) is 0 Å². The van der Waals surface area contributed by atoms with Crippen molar-refractivity contribution in [3.63, 3.8) is 0 Å². The smallest absolute Gasteiger partial charge is 0.295 e. The van der Waals surface area contributed by atoms with E-state index in [9.17, 15) is 0 Å². The van der Waals surface area contributed by atoms with Gasteiger partial charge in [-0.2, -0.15) is 4.98 Å². The minimum absolute atomic E-state index is 0.0367. The molecular formula is C5H4N4OS. The molecule has 0 bridgehead atoms. The summed E-state index contributed by atoms with van der Waals surface area (Å²) in [5, 5.41) is 0. The Morgan fingerprint density at radius 3 is 3.27 bits per heavy atom. The number of nitrogens with zero attached hydrogens (tertiary/aromatic N) is 2. The second kappa shape index (κ2) is 2.03. The highest BCUT2D eigenvalue weighted by atomic mass is 32.1. The number of nitrogen functional groups attached to an aromatic ring is 1. The van der Waals surface area contributed by atoms with Crippen LogP contribution in [0.4, 0.5) is 6.01 Å². The second-order valence-corrected chi connectivity index (χ2v) is 2.31. The number of aromatic nitrogens is 3. The summed E-state index contributed by atoms with van der Waals surface area (Å²) in [7, 11) is 0. The maximum atomic E-state index is 5.29. The van der Waals surface area contributed by atoms with Crippen LogP contribution in [-0.2, 0) is 0 Å². The van der Waals surface area contributed by atoms with Gasteiger partial charge in [0, 0.05) is 0 Å². The summed E-state index contributed by atoms with van der Waals surface area (Å²) < 4.78 is 5.14. The molecule has 0 spiro atoms. The molecule has 0 amide bonds. The van der Waals surface area contributed by atoms with Crippen LogP contribution < -0.4 is 5.73 Å². The fourth-order valence-corrected chi connectivity index (χ4v) is 1.03. The zero-order valence-electron chi connectivity index (χ0n) is 5.37. The van der Waals surface area contributed by atoms with Gasteiger partial charge < -0.3 is 15.1 Å². The number of anilines is 1. The second-order valence-electron chi connectivity index (χ2n) is 1.94. The Hall–Kier alpha value is -1.43. The van der Waals surface area contributed by atoms with Gasteiger partial charge in [-0.15, -0.1) is 0 Å². The van der Waals surface area contributed by atoms with Crippen molar-refractivity contribution in [1.29, 1.82) is 0 Å². The molecule has 2 aromatic rings. The molecule has 0 atom stereocenters. The van der Waals surface area contributed by atoms with Crippen molar-refractivity contribution in [3.8, 4) is 0 Å². The lowest BCUT2D eigenvalue weighted by molar-refractivity contribution is 0.545. The highest BCUT2D eigenvalue weighted by Gasteiger charge is 2.01. The first-order valence-electron chi connectivity index (χ1n) is 2.87. The first-order valence-corrected chi connectivity index (χ1v) is 3.28. The van der Waals surface area contributed by atoms with Crippen LogP contribution in [0, 0.1) is 4.71 Å². The van der Waals surface area contributed by atoms with Crippen LogP contribution in [0.3, 0.4) is 0 Å². The molecule has 6 heteroatoms. The van der Waals surface area contributed by atoms with Crippen molar-refractivity contribution in [3.05, 3.63) is 11.0 Å². The molecule has 11 heavy (non-hydrogen) atoms. The molecule has 3 N–H and O–H groups in total. The molecule has 0 radical (unpaired) electrons. The number of nitrogens with one attached hydrogen (secondary N) is 1. The van der Waals surface area contributed by atoms with Crippen molar-refractivity contribution >= 4 is 29.4 Å². The number of rotatable bonds is 0. The molecule has 0 aliphatic heterocycles. The highest BCUT2D eigenvalue weighted by Crippen LogP contribution is 2.10. The number of hydrogen-bond donors (Lipinski definition) is 2. The quantitative estimate of drug-likeness (QED) is 0.570. The summed E-state index contributed by atoms with van der Waals surface area (Å²) in [5.74, 6) is 0. The third kappa shape index (κ3) is 0.874. The molecule has 2 heterocycles. The van der Waals surface area contributed by atoms with Gasteiger partial charge in [-0.25, -0.2) is 4.98 Å². The fraction of sp³-hybridized carbons (Fsp3) is 0. The zero-order chi connectivity index (χ0) is 7.84. The van der Waals surface area contributed by atoms with Crippen LogP contribution in [0.1, 0.15) is 0 Å². The minimum atomic E-state index is 0.0367. The van der Waals surface area contributed by atoms with Gasteiger partial charge in [0.2, 0.25) is 4.71 Å². The van der Waals surface area contributed by atoms with Crippen LogP contribution in [0.15, 0.2) is 10.7 Å². The summed E-state index contributed by atoms with van der Waals surface area (Å²) in [6, 6.07) is 0.0367. The normalized spacial score (nSPS) is 10.5. The summed E-state index contributed by atoms with van der Waals surface area (Å²) in [6.07, 6.45) is 1.49. The molecule has 0 aromatic carbocycles. The Balaban J connectivity index is 3.02. The summed E-state index contributed by atoms with van der Waals surface area (Å²) in [4.78, 5) is 10.5. The summed E-state index contributed by atoms with van der Waals surface area (Å²) in [6.45, 7) is 0. The van der Waals surface area contributed by atoms with E-state index in [-0.39, 0.29) is 10.7 Å². The van der Waals surface area contributed by atoms with Crippen molar-refractivity contribution in [2.24, 2.45) is 0 Å². The van der Waals surface area contributed by atoms with Gasteiger partial charge in [0.25, 0.3) is 6.01 Å². The molecular weight excluding hydrogens is 164 g/mol. The molecule has 0 saturated heterocycles. The van der Waals surface area contributed by atoms with E-state index in [1.165, 1.54) is 6.33 Å². The lowest BCUT2D eigenvalue weighted by Crippen LogP contribution is -1.89. The Morgan fingerprint density at radius 1 is 1.64 bits per heavy atom. The molecule has 5 nitrogen and oxygen atoms in total. The predicted molar refractivity (Wildman–Crippen MR) is 41.4 cm³/mol. The number of H-pyrrole nitrogens is 1. The van der Waals surface area contributed by atoms with Crippen LogP contribution in [-0.4, -0.2) is 15.0 Å². The van der Waals surface area contributed by atoms with E-state index in [1.807, 2.05) is 0 Å². The molecule has 0 aliphatic rings. The Labute approximate surface area is 66.3 Å². The van der Waals surface area contributed by atoms with Crippen molar-refractivity contribution < 1.29 is 4.42 Å². The number of fused-ring (bicyclic) bond motifs is 1. The Morgan fingerprint density at radius 2 is 2.45 bits per heavy atom. The minimum Gasteiger partial charge on any atom is -0.412 e.